The SMILES string of the molecule is CN(C)c1ccnc(C(=O)Nc2[nH]nc3c2c(-c2ccccc2)nn3C)c1. The number of H-pyrrole nitrogens is 1. The molecule has 0 atom stereocenters. The standard InChI is InChI=1S/C19H19N7O/c1-25(2)13-9-10-20-14(11-13)19(27)21-17-15-16(12-7-5-4-6-8-12)24-26(3)18(15)23-22-17/h4-11H,1-3H3,(H2,21,22,23,27). The van der Waals surface area contributed by atoms with E-state index in [4.69, 9.17) is 0 Å². The van der Waals surface area contributed by atoms with Crippen LogP contribution < -0.4 is 10.2 Å². The van der Waals surface area contributed by atoms with Gasteiger partial charge in [-0.1, -0.05) is 30.3 Å². The minimum atomic E-state index is -0.313. The van der Waals surface area contributed by atoms with Crippen LogP contribution in [0.3, 0.4) is 0 Å². The lowest BCUT2D eigenvalue weighted by Crippen LogP contribution is -2.16. The summed E-state index contributed by atoms with van der Waals surface area (Å²) in [6.07, 6.45) is 1.62. The van der Waals surface area contributed by atoms with Gasteiger partial charge in [-0.05, 0) is 12.1 Å². The second-order valence-electron chi connectivity index (χ2n) is 6.38. The first-order valence-corrected chi connectivity index (χ1v) is 8.46. The molecular formula is C19H19N7O. The number of carbonyl (C=O) groups excluding carboxylic acids is 1. The average Bonchev–Trinajstić information content (AvgIpc) is 3.24. The quantitative estimate of drug-likeness (QED) is 0.583. The zero-order valence-electron chi connectivity index (χ0n) is 15.3. The molecule has 1 amide bonds. The maximum absolute atomic E-state index is 12.7. The summed E-state index contributed by atoms with van der Waals surface area (Å²) in [5, 5.41) is 15.4. The van der Waals surface area contributed by atoms with Gasteiger partial charge in [0, 0.05) is 38.6 Å². The summed E-state index contributed by atoms with van der Waals surface area (Å²) in [4.78, 5) is 18.8. The number of nitrogens with zero attached hydrogens (tertiary/aromatic N) is 5. The summed E-state index contributed by atoms with van der Waals surface area (Å²) in [5.74, 6) is 0.186. The van der Waals surface area contributed by atoms with Crippen LogP contribution in [0.1, 0.15) is 10.5 Å². The molecule has 0 spiro atoms. The van der Waals surface area contributed by atoms with E-state index in [0.29, 0.717) is 17.2 Å². The van der Waals surface area contributed by atoms with Crippen LogP contribution in [-0.2, 0) is 7.05 Å². The van der Waals surface area contributed by atoms with Gasteiger partial charge in [0.05, 0.1) is 5.39 Å². The Bertz CT molecular complexity index is 1110. The van der Waals surface area contributed by atoms with E-state index in [2.05, 4.69) is 25.6 Å². The first-order chi connectivity index (χ1) is 13.0. The molecule has 3 heterocycles. The van der Waals surface area contributed by atoms with Crippen molar-refractivity contribution in [1.82, 2.24) is 25.0 Å². The van der Waals surface area contributed by atoms with Crippen molar-refractivity contribution in [3.8, 4) is 11.3 Å². The molecule has 2 N–H and O–H groups in total. The molecule has 4 aromatic rings. The second-order valence-corrected chi connectivity index (χ2v) is 6.38. The van der Waals surface area contributed by atoms with Crippen molar-refractivity contribution in [3.05, 3.63) is 54.4 Å². The Labute approximate surface area is 155 Å². The Morgan fingerprint density at radius 3 is 2.70 bits per heavy atom. The highest BCUT2D eigenvalue weighted by molar-refractivity contribution is 6.09. The van der Waals surface area contributed by atoms with Crippen LogP contribution >= 0.6 is 0 Å². The minimum absolute atomic E-state index is 0.313. The molecule has 0 saturated carbocycles. The summed E-state index contributed by atoms with van der Waals surface area (Å²) < 4.78 is 1.69. The topological polar surface area (TPSA) is 91.7 Å². The fourth-order valence-corrected chi connectivity index (χ4v) is 2.93. The number of rotatable bonds is 4. The van der Waals surface area contributed by atoms with E-state index in [1.807, 2.05) is 62.4 Å². The lowest BCUT2D eigenvalue weighted by atomic mass is 10.1. The predicted octanol–water partition coefficient (Wildman–Crippen LogP) is 2.68. The van der Waals surface area contributed by atoms with E-state index in [-0.39, 0.29) is 5.91 Å². The van der Waals surface area contributed by atoms with Crippen molar-refractivity contribution in [1.29, 1.82) is 0 Å². The van der Waals surface area contributed by atoms with Gasteiger partial charge in [0.25, 0.3) is 5.91 Å². The van der Waals surface area contributed by atoms with Crippen molar-refractivity contribution < 1.29 is 4.79 Å². The van der Waals surface area contributed by atoms with E-state index in [1.54, 1.807) is 16.9 Å². The van der Waals surface area contributed by atoms with Gasteiger partial charge in [0.15, 0.2) is 5.65 Å². The third-order valence-corrected chi connectivity index (χ3v) is 4.32. The van der Waals surface area contributed by atoms with Gasteiger partial charge in [0.1, 0.15) is 17.2 Å². The smallest absolute Gasteiger partial charge is 0.275 e. The number of hydrogen-bond donors (Lipinski definition) is 2. The maximum atomic E-state index is 12.7. The zero-order chi connectivity index (χ0) is 19.0. The normalized spacial score (nSPS) is 10.9. The van der Waals surface area contributed by atoms with Crippen LogP contribution in [-0.4, -0.2) is 45.0 Å². The van der Waals surface area contributed by atoms with Crippen molar-refractivity contribution in [2.45, 2.75) is 0 Å². The van der Waals surface area contributed by atoms with Gasteiger partial charge < -0.3 is 10.2 Å². The molecular weight excluding hydrogens is 342 g/mol. The van der Waals surface area contributed by atoms with E-state index in [1.165, 1.54) is 0 Å². The zero-order valence-corrected chi connectivity index (χ0v) is 15.3. The number of fused-ring (bicyclic) bond motifs is 1. The number of carbonyl (C=O) groups is 1. The fourth-order valence-electron chi connectivity index (χ4n) is 2.93. The van der Waals surface area contributed by atoms with Gasteiger partial charge in [-0.2, -0.15) is 10.2 Å². The highest BCUT2D eigenvalue weighted by Crippen LogP contribution is 2.31. The molecule has 3 aromatic heterocycles. The number of hydrogen-bond acceptors (Lipinski definition) is 5. The molecule has 1 aromatic carbocycles. The fraction of sp³-hybridized carbons (Fsp3) is 0.158. The predicted molar refractivity (Wildman–Crippen MR) is 105 cm³/mol. The second kappa shape index (κ2) is 6.56. The summed E-state index contributed by atoms with van der Waals surface area (Å²) in [7, 11) is 5.65. The van der Waals surface area contributed by atoms with Crippen LogP contribution in [0.15, 0.2) is 48.7 Å². The number of aromatic nitrogens is 5. The van der Waals surface area contributed by atoms with Crippen molar-refractivity contribution in [2.75, 3.05) is 24.3 Å². The average molecular weight is 361 g/mol. The first kappa shape index (κ1) is 16.8. The summed E-state index contributed by atoms with van der Waals surface area (Å²) in [5.41, 5.74) is 3.60. The van der Waals surface area contributed by atoms with Crippen LogP contribution in [0.4, 0.5) is 11.5 Å². The van der Waals surface area contributed by atoms with Gasteiger partial charge in [0.2, 0.25) is 0 Å². The number of benzene rings is 1. The molecule has 8 nitrogen and oxygen atoms in total. The molecule has 8 heteroatoms. The molecule has 0 aliphatic rings. The summed E-state index contributed by atoms with van der Waals surface area (Å²) in [6, 6.07) is 13.4. The van der Waals surface area contributed by atoms with Crippen molar-refractivity contribution in [3.63, 3.8) is 0 Å². The number of pyridine rings is 1. The molecule has 0 aliphatic heterocycles. The maximum Gasteiger partial charge on any atom is 0.275 e. The van der Waals surface area contributed by atoms with Crippen LogP contribution in [0.25, 0.3) is 22.3 Å². The molecule has 0 aliphatic carbocycles. The van der Waals surface area contributed by atoms with E-state index < -0.39 is 0 Å². The molecule has 4 rings (SSSR count). The van der Waals surface area contributed by atoms with E-state index in [0.717, 1.165) is 22.3 Å². The van der Waals surface area contributed by atoms with Crippen molar-refractivity contribution >= 4 is 28.4 Å². The Morgan fingerprint density at radius 1 is 1.19 bits per heavy atom. The summed E-state index contributed by atoms with van der Waals surface area (Å²) in [6.45, 7) is 0. The number of nitrogens with one attached hydrogen (secondary N) is 2. The Hall–Kier alpha value is -3.68. The number of aryl methyl sites for hydroxylation is 1. The minimum Gasteiger partial charge on any atom is -0.378 e. The lowest BCUT2D eigenvalue weighted by molar-refractivity contribution is 0.102. The molecule has 0 bridgehead atoms. The Balaban J connectivity index is 1.73. The Morgan fingerprint density at radius 2 is 1.96 bits per heavy atom. The molecule has 0 radical (unpaired) electrons. The molecule has 0 unspecified atom stereocenters. The lowest BCUT2D eigenvalue weighted by Gasteiger charge is -2.12. The Kier molecular flexibility index (Phi) is 4.08. The van der Waals surface area contributed by atoms with E-state index >= 15 is 0 Å². The molecule has 0 saturated heterocycles. The van der Waals surface area contributed by atoms with Gasteiger partial charge in [-0.3, -0.25) is 14.9 Å². The van der Waals surface area contributed by atoms with Crippen LogP contribution in [0.5, 0.6) is 0 Å². The molecule has 136 valence electrons. The van der Waals surface area contributed by atoms with Gasteiger partial charge >= 0.3 is 0 Å². The molecule has 0 fully saturated rings. The van der Waals surface area contributed by atoms with Gasteiger partial charge in [-0.25, -0.2) is 4.68 Å². The number of amides is 1. The van der Waals surface area contributed by atoms with Crippen LogP contribution in [0.2, 0.25) is 0 Å². The third-order valence-electron chi connectivity index (χ3n) is 4.32. The van der Waals surface area contributed by atoms with Gasteiger partial charge in [-0.15, -0.1) is 0 Å². The third kappa shape index (κ3) is 3.01. The first-order valence-electron chi connectivity index (χ1n) is 8.46. The monoisotopic (exact) mass is 361 g/mol. The largest absolute Gasteiger partial charge is 0.378 e. The number of aromatic amines is 1. The number of anilines is 2. The summed E-state index contributed by atoms with van der Waals surface area (Å²) >= 11 is 0. The van der Waals surface area contributed by atoms with Crippen LogP contribution in [0, 0.1) is 0 Å². The van der Waals surface area contributed by atoms with Crippen molar-refractivity contribution in [2.24, 2.45) is 7.05 Å². The highest BCUT2D eigenvalue weighted by Gasteiger charge is 2.20. The highest BCUT2D eigenvalue weighted by atomic mass is 16.2. The van der Waals surface area contributed by atoms with E-state index in [9.17, 15) is 4.79 Å². The molecule has 27 heavy (non-hydrogen) atoms.